The lowest BCUT2D eigenvalue weighted by molar-refractivity contribution is 0.279. The number of hydrogen-bond acceptors (Lipinski definition) is 3. The molecule has 1 fully saturated rings. The minimum Gasteiger partial charge on any atom is -0.314 e. The van der Waals surface area contributed by atoms with Crippen molar-refractivity contribution in [3.05, 3.63) is 0 Å². The Labute approximate surface area is 119 Å². The van der Waals surface area contributed by atoms with Crippen LogP contribution in [0.25, 0.3) is 0 Å². The second-order valence-electron chi connectivity index (χ2n) is 6.08. The zero-order valence-corrected chi connectivity index (χ0v) is 13.5. The number of nitrogens with one attached hydrogen (secondary N) is 1. The third-order valence-corrected chi connectivity index (χ3v) is 5.15. The molecule has 0 aromatic carbocycles. The molecule has 3 nitrogen and oxygen atoms in total. The molecule has 0 radical (unpaired) electrons. The van der Waals surface area contributed by atoms with Crippen LogP contribution >= 0.6 is 0 Å². The van der Waals surface area contributed by atoms with E-state index >= 15 is 0 Å². The van der Waals surface area contributed by atoms with E-state index in [9.17, 15) is 8.42 Å². The minimum atomic E-state index is -2.84. The SMILES string of the molecule is CCCNC(CCS(C)(=O)=O)C1CCCCCCC1. The fourth-order valence-electron chi connectivity index (χ4n) is 3.07. The van der Waals surface area contributed by atoms with Gasteiger partial charge in [-0.3, -0.25) is 0 Å². The van der Waals surface area contributed by atoms with Gasteiger partial charge in [-0.1, -0.05) is 39.0 Å². The molecule has 0 aliphatic heterocycles. The molecule has 0 spiro atoms. The van der Waals surface area contributed by atoms with Gasteiger partial charge in [-0.2, -0.15) is 0 Å². The molecule has 1 saturated carbocycles. The molecule has 1 unspecified atom stereocenters. The molecule has 0 heterocycles. The summed E-state index contributed by atoms with van der Waals surface area (Å²) >= 11 is 0. The highest BCUT2D eigenvalue weighted by Crippen LogP contribution is 2.26. The predicted octanol–water partition coefficient (Wildman–Crippen LogP) is 3.15. The molecule has 1 aliphatic carbocycles. The fraction of sp³-hybridized carbons (Fsp3) is 1.00. The first kappa shape index (κ1) is 17.0. The predicted molar refractivity (Wildman–Crippen MR) is 82.2 cm³/mol. The number of sulfone groups is 1. The highest BCUT2D eigenvalue weighted by Gasteiger charge is 2.22. The van der Waals surface area contributed by atoms with Crippen LogP contribution in [0.15, 0.2) is 0 Å². The van der Waals surface area contributed by atoms with Crippen molar-refractivity contribution in [3.63, 3.8) is 0 Å². The molecule has 1 rings (SSSR count). The lowest BCUT2D eigenvalue weighted by atomic mass is 9.84. The first-order valence-electron chi connectivity index (χ1n) is 7.94. The van der Waals surface area contributed by atoms with Crippen LogP contribution in [0.1, 0.15) is 64.7 Å². The van der Waals surface area contributed by atoms with Crippen LogP contribution in [-0.4, -0.2) is 33.0 Å². The van der Waals surface area contributed by atoms with Crippen LogP contribution in [-0.2, 0) is 9.84 Å². The summed E-state index contributed by atoms with van der Waals surface area (Å²) in [6.45, 7) is 3.17. The van der Waals surface area contributed by atoms with Gasteiger partial charge < -0.3 is 5.32 Å². The van der Waals surface area contributed by atoms with Crippen LogP contribution < -0.4 is 5.32 Å². The van der Waals surface area contributed by atoms with Crippen LogP contribution in [0.4, 0.5) is 0 Å². The Morgan fingerprint density at radius 1 is 1.11 bits per heavy atom. The summed E-state index contributed by atoms with van der Waals surface area (Å²) in [5.41, 5.74) is 0. The van der Waals surface area contributed by atoms with Gasteiger partial charge in [0.1, 0.15) is 9.84 Å². The molecule has 0 saturated heterocycles. The lowest BCUT2D eigenvalue weighted by Gasteiger charge is -2.29. The molecular weight excluding hydrogens is 258 g/mol. The maximum Gasteiger partial charge on any atom is 0.147 e. The van der Waals surface area contributed by atoms with Crippen molar-refractivity contribution in [1.29, 1.82) is 0 Å². The van der Waals surface area contributed by atoms with Crippen molar-refractivity contribution in [2.45, 2.75) is 70.8 Å². The van der Waals surface area contributed by atoms with E-state index in [0.717, 1.165) is 19.4 Å². The van der Waals surface area contributed by atoms with E-state index in [1.807, 2.05) is 0 Å². The van der Waals surface area contributed by atoms with E-state index in [0.29, 0.717) is 17.7 Å². The number of hydrogen-bond donors (Lipinski definition) is 1. The van der Waals surface area contributed by atoms with Gasteiger partial charge in [0.2, 0.25) is 0 Å². The maximum absolute atomic E-state index is 11.4. The van der Waals surface area contributed by atoms with Crippen molar-refractivity contribution < 1.29 is 8.42 Å². The highest BCUT2D eigenvalue weighted by molar-refractivity contribution is 7.90. The molecule has 1 aliphatic rings. The Hall–Kier alpha value is -0.0900. The first-order valence-corrected chi connectivity index (χ1v) is 10.00. The number of rotatable bonds is 7. The highest BCUT2D eigenvalue weighted by atomic mass is 32.2. The van der Waals surface area contributed by atoms with Crippen LogP contribution in [0, 0.1) is 5.92 Å². The van der Waals surface area contributed by atoms with Gasteiger partial charge in [0.15, 0.2) is 0 Å². The van der Waals surface area contributed by atoms with E-state index in [-0.39, 0.29) is 0 Å². The monoisotopic (exact) mass is 289 g/mol. The second-order valence-corrected chi connectivity index (χ2v) is 8.34. The van der Waals surface area contributed by atoms with Crippen LogP contribution in [0.2, 0.25) is 0 Å². The summed E-state index contributed by atoms with van der Waals surface area (Å²) in [4.78, 5) is 0. The molecular formula is C15H31NO2S. The summed E-state index contributed by atoms with van der Waals surface area (Å²) in [6, 6.07) is 0.396. The van der Waals surface area contributed by atoms with E-state index < -0.39 is 9.84 Å². The molecule has 4 heteroatoms. The van der Waals surface area contributed by atoms with E-state index in [2.05, 4.69) is 12.2 Å². The van der Waals surface area contributed by atoms with Gasteiger partial charge in [0.05, 0.1) is 5.75 Å². The Kier molecular flexibility index (Phi) is 8.00. The maximum atomic E-state index is 11.4. The standard InChI is InChI=1S/C15H31NO2S/c1-3-12-16-15(11-13-19(2,17)18)14-9-7-5-4-6-8-10-14/h14-16H,3-13H2,1-2H3. The molecule has 1 atom stereocenters. The van der Waals surface area contributed by atoms with Crippen molar-refractivity contribution in [3.8, 4) is 0 Å². The van der Waals surface area contributed by atoms with Crippen LogP contribution in [0.5, 0.6) is 0 Å². The molecule has 19 heavy (non-hydrogen) atoms. The quantitative estimate of drug-likeness (QED) is 0.783. The largest absolute Gasteiger partial charge is 0.314 e. The Morgan fingerprint density at radius 2 is 1.68 bits per heavy atom. The summed E-state index contributed by atoms with van der Waals surface area (Å²) in [6.07, 6.45) is 12.5. The normalized spacial score (nSPS) is 20.7. The first-order chi connectivity index (χ1) is 9.03. The molecule has 114 valence electrons. The zero-order valence-electron chi connectivity index (χ0n) is 12.7. The van der Waals surface area contributed by atoms with Gasteiger partial charge in [-0.15, -0.1) is 0 Å². The Balaban J connectivity index is 2.53. The average molecular weight is 289 g/mol. The summed E-state index contributed by atoms with van der Waals surface area (Å²) in [5.74, 6) is 0.999. The Morgan fingerprint density at radius 3 is 2.21 bits per heavy atom. The minimum absolute atomic E-state index is 0.324. The van der Waals surface area contributed by atoms with Gasteiger partial charge in [-0.25, -0.2) is 8.42 Å². The van der Waals surface area contributed by atoms with Gasteiger partial charge >= 0.3 is 0 Å². The topological polar surface area (TPSA) is 46.2 Å². The average Bonchev–Trinajstić information content (AvgIpc) is 2.29. The smallest absolute Gasteiger partial charge is 0.147 e. The zero-order chi connectivity index (χ0) is 14.1. The molecule has 1 N–H and O–H groups in total. The van der Waals surface area contributed by atoms with Crippen molar-refractivity contribution in [1.82, 2.24) is 5.32 Å². The second kappa shape index (κ2) is 8.96. The van der Waals surface area contributed by atoms with Crippen molar-refractivity contribution in [2.75, 3.05) is 18.6 Å². The van der Waals surface area contributed by atoms with Crippen molar-refractivity contribution in [2.24, 2.45) is 5.92 Å². The Bertz CT molecular complexity index is 319. The molecule has 0 bridgehead atoms. The molecule has 0 amide bonds. The van der Waals surface area contributed by atoms with E-state index in [4.69, 9.17) is 0 Å². The van der Waals surface area contributed by atoms with E-state index in [1.165, 1.54) is 51.2 Å². The third kappa shape index (κ3) is 7.93. The van der Waals surface area contributed by atoms with Crippen LogP contribution in [0.3, 0.4) is 0 Å². The third-order valence-electron chi connectivity index (χ3n) is 4.18. The van der Waals surface area contributed by atoms with E-state index in [1.54, 1.807) is 0 Å². The van der Waals surface area contributed by atoms with Gasteiger partial charge in [0, 0.05) is 12.3 Å². The fourth-order valence-corrected chi connectivity index (χ4v) is 3.75. The lowest BCUT2D eigenvalue weighted by Crippen LogP contribution is -2.38. The van der Waals surface area contributed by atoms with Gasteiger partial charge in [0.25, 0.3) is 0 Å². The summed E-state index contributed by atoms with van der Waals surface area (Å²) < 4.78 is 22.8. The van der Waals surface area contributed by atoms with Crippen molar-refractivity contribution >= 4 is 9.84 Å². The summed E-state index contributed by atoms with van der Waals surface area (Å²) in [7, 11) is -2.84. The molecule has 0 aromatic rings. The summed E-state index contributed by atoms with van der Waals surface area (Å²) in [5, 5.41) is 3.60. The molecule has 0 aromatic heterocycles. The van der Waals surface area contributed by atoms with Gasteiger partial charge in [-0.05, 0) is 38.1 Å².